The largest absolute Gasteiger partial charge is 0.366 e. The number of primary amides is 1. The Morgan fingerprint density at radius 2 is 1.81 bits per heavy atom. The number of hydrogen-bond acceptors (Lipinski definition) is 4. The van der Waals surface area contributed by atoms with E-state index in [9.17, 15) is 9.59 Å². The van der Waals surface area contributed by atoms with Gasteiger partial charge in [-0.15, -0.1) is 0 Å². The zero-order valence-corrected chi connectivity index (χ0v) is 17.9. The monoisotopic (exact) mass is 444 g/mol. The first-order valence-electron chi connectivity index (χ1n) is 10.0. The van der Waals surface area contributed by atoms with Gasteiger partial charge in [-0.1, -0.05) is 48.0 Å². The number of carbonyl (C=O) groups is 2. The second-order valence-corrected chi connectivity index (χ2v) is 7.65. The van der Waals surface area contributed by atoms with E-state index in [0.29, 0.717) is 34.2 Å². The molecule has 3 aromatic rings. The van der Waals surface area contributed by atoms with Gasteiger partial charge in [-0.2, -0.15) is 0 Å². The van der Waals surface area contributed by atoms with E-state index in [-0.39, 0.29) is 12.5 Å². The van der Waals surface area contributed by atoms with Crippen LogP contribution < -0.4 is 16.0 Å². The van der Waals surface area contributed by atoms with Crippen molar-refractivity contribution in [2.24, 2.45) is 5.73 Å². The molecule has 3 N–H and O–H groups in total. The molecule has 0 aliphatic carbocycles. The second kappa shape index (κ2) is 9.49. The van der Waals surface area contributed by atoms with Crippen molar-refractivity contribution in [3.8, 4) is 11.3 Å². The first-order valence-corrected chi connectivity index (χ1v) is 10.4. The lowest BCUT2D eigenvalue weighted by atomic mass is 10.1. The van der Waals surface area contributed by atoms with E-state index in [2.05, 4.69) is 10.3 Å². The molecule has 2 heterocycles. The number of aromatic nitrogens is 1. The third-order valence-corrected chi connectivity index (χ3v) is 5.44. The lowest BCUT2D eigenvalue weighted by Crippen LogP contribution is -2.39. The molecule has 0 radical (unpaired) electrons. The Bertz CT molecular complexity index is 1210. The molecule has 7 heteroatoms. The van der Waals surface area contributed by atoms with Crippen LogP contribution in [0.1, 0.15) is 5.56 Å². The zero-order valence-electron chi connectivity index (χ0n) is 17.2. The van der Waals surface area contributed by atoms with Crippen LogP contribution in [0.4, 0.5) is 5.69 Å². The van der Waals surface area contributed by atoms with Crippen molar-refractivity contribution < 1.29 is 9.59 Å². The highest BCUT2D eigenvalue weighted by atomic mass is 35.5. The first-order chi connectivity index (χ1) is 15.5. The summed E-state index contributed by atoms with van der Waals surface area (Å²) in [7, 11) is 0. The molecule has 0 atom stereocenters. The second-order valence-electron chi connectivity index (χ2n) is 7.24. The fraction of sp³-hybridized carbons (Fsp3) is 0.0800. The molecular weight excluding hydrogens is 424 g/mol. The maximum atomic E-state index is 13.0. The minimum absolute atomic E-state index is 0.170. The van der Waals surface area contributed by atoms with Crippen LogP contribution in [0, 0.1) is 0 Å². The minimum atomic E-state index is -0.533. The van der Waals surface area contributed by atoms with Crippen LogP contribution in [-0.4, -0.2) is 23.3 Å². The van der Waals surface area contributed by atoms with Gasteiger partial charge in [0, 0.05) is 29.6 Å². The minimum Gasteiger partial charge on any atom is -0.366 e. The number of carbonyl (C=O) groups excluding carboxylic acids is 2. The number of nitrogens with two attached hydrogens (primary N) is 1. The van der Waals surface area contributed by atoms with Gasteiger partial charge in [0.2, 0.25) is 5.91 Å². The van der Waals surface area contributed by atoms with Gasteiger partial charge in [-0.05, 0) is 48.0 Å². The number of halogens is 1. The molecule has 0 unspecified atom stereocenters. The number of hydrogen-bond donors (Lipinski definition) is 2. The maximum absolute atomic E-state index is 13.0. The van der Waals surface area contributed by atoms with Gasteiger partial charge in [0.15, 0.2) is 0 Å². The van der Waals surface area contributed by atoms with E-state index in [4.69, 9.17) is 17.3 Å². The van der Waals surface area contributed by atoms with Crippen molar-refractivity contribution in [1.82, 2.24) is 10.3 Å². The van der Waals surface area contributed by atoms with Crippen molar-refractivity contribution in [1.29, 1.82) is 0 Å². The zero-order chi connectivity index (χ0) is 22.5. The molecule has 0 bridgehead atoms. The molecule has 0 spiro atoms. The summed E-state index contributed by atoms with van der Waals surface area (Å²) in [6, 6.07) is 20.6. The smallest absolute Gasteiger partial charge is 0.268 e. The third-order valence-electron chi connectivity index (χ3n) is 5.11. The molecule has 1 aliphatic rings. The van der Waals surface area contributed by atoms with E-state index in [0.717, 1.165) is 11.1 Å². The number of allylic oxidation sites excluding steroid dienone is 2. The van der Waals surface area contributed by atoms with Gasteiger partial charge in [0.05, 0.1) is 17.3 Å². The van der Waals surface area contributed by atoms with E-state index in [1.165, 1.54) is 0 Å². The molecule has 2 aromatic carbocycles. The van der Waals surface area contributed by atoms with Crippen LogP contribution in [-0.2, 0) is 16.1 Å². The highest BCUT2D eigenvalue weighted by Gasteiger charge is 2.25. The Hall–Kier alpha value is -3.90. The fourth-order valence-corrected chi connectivity index (χ4v) is 3.65. The molecule has 6 nitrogen and oxygen atoms in total. The normalized spacial score (nSPS) is 13.2. The van der Waals surface area contributed by atoms with Crippen LogP contribution in [0.3, 0.4) is 0 Å². The third kappa shape index (κ3) is 4.71. The van der Waals surface area contributed by atoms with E-state index >= 15 is 0 Å². The maximum Gasteiger partial charge on any atom is 0.268 e. The summed E-state index contributed by atoms with van der Waals surface area (Å²) in [4.78, 5) is 31.0. The molecule has 2 amide bonds. The number of pyridine rings is 1. The standard InChI is InChI=1S/C25H21ClN4O2/c26-21-11-10-19(14-20(21)22-8-4-5-13-28-22)30-16-18(24(27)31)9-12-23(30)25(32)29-15-17-6-2-1-3-7-17/h1-14H,15-16H2,(H2,27,31)(H,29,32). The summed E-state index contributed by atoms with van der Waals surface area (Å²) in [6.45, 7) is 0.556. The lowest BCUT2D eigenvalue weighted by molar-refractivity contribution is -0.118. The number of nitrogens with one attached hydrogen (secondary N) is 1. The average Bonchev–Trinajstić information content (AvgIpc) is 2.83. The number of amides is 2. The Morgan fingerprint density at radius 3 is 2.53 bits per heavy atom. The predicted octanol–water partition coefficient (Wildman–Crippen LogP) is 3.83. The van der Waals surface area contributed by atoms with Crippen LogP contribution >= 0.6 is 11.6 Å². The molecule has 0 saturated carbocycles. The quantitative estimate of drug-likeness (QED) is 0.604. The highest BCUT2D eigenvalue weighted by Crippen LogP contribution is 2.33. The molecule has 1 aromatic heterocycles. The van der Waals surface area contributed by atoms with Gasteiger partial charge >= 0.3 is 0 Å². The van der Waals surface area contributed by atoms with Crippen molar-refractivity contribution in [3.63, 3.8) is 0 Å². The molecule has 160 valence electrons. The van der Waals surface area contributed by atoms with Gasteiger partial charge in [0.1, 0.15) is 5.70 Å². The SMILES string of the molecule is NC(=O)C1=CC=C(C(=O)NCc2ccccc2)N(c2ccc(Cl)c(-c3ccccn3)c2)C1. The summed E-state index contributed by atoms with van der Waals surface area (Å²) in [5.41, 5.74) is 9.44. The Balaban J connectivity index is 1.66. The molecule has 0 saturated heterocycles. The Morgan fingerprint density at radius 1 is 1.03 bits per heavy atom. The number of nitrogens with zero attached hydrogens (tertiary/aromatic N) is 2. The van der Waals surface area contributed by atoms with Gasteiger partial charge in [-0.25, -0.2) is 0 Å². The van der Waals surface area contributed by atoms with Crippen molar-refractivity contribution in [3.05, 3.63) is 107 Å². The predicted molar refractivity (Wildman–Crippen MR) is 126 cm³/mol. The fourth-order valence-electron chi connectivity index (χ4n) is 3.43. The lowest BCUT2D eigenvalue weighted by Gasteiger charge is -2.30. The number of anilines is 1. The van der Waals surface area contributed by atoms with E-state index in [1.807, 2.05) is 54.6 Å². The molecule has 1 aliphatic heterocycles. The summed E-state index contributed by atoms with van der Waals surface area (Å²) in [5.74, 6) is -0.795. The number of rotatable bonds is 6. The van der Waals surface area contributed by atoms with Crippen molar-refractivity contribution in [2.45, 2.75) is 6.54 Å². The summed E-state index contributed by atoms with van der Waals surface area (Å²) in [5, 5.41) is 3.47. The van der Waals surface area contributed by atoms with Crippen molar-refractivity contribution in [2.75, 3.05) is 11.4 Å². The topological polar surface area (TPSA) is 88.3 Å². The van der Waals surface area contributed by atoms with E-state index < -0.39 is 5.91 Å². The Labute approximate surface area is 191 Å². The highest BCUT2D eigenvalue weighted by molar-refractivity contribution is 6.33. The van der Waals surface area contributed by atoms with Crippen molar-refractivity contribution >= 4 is 29.1 Å². The molecule has 4 rings (SSSR count). The molecule has 32 heavy (non-hydrogen) atoms. The van der Waals surface area contributed by atoms with Gasteiger partial charge in [-0.3, -0.25) is 14.6 Å². The Kier molecular flexibility index (Phi) is 6.33. The molecular formula is C25H21ClN4O2. The molecule has 0 fully saturated rings. The number of benzene rings is 2. The van der Waals surface area contributed by atoms with Crippen LogP contribution in [0.25, 0.3) is 11.3 Å². The van der Waals surface area contributed by atoms with Crippen LogP contribution in [0.2, 0.25) is 5.02 Å². The first kappa shape index (κ1) is 21.3. The van der Waals surface area contributed by atoms with Gasteiger partial charge in [0.25, 0.3) is 5.91 Å². The van der Waals surface area contributed by atoms with E-state index in [1.54, 1.807) is 35.4 Å². The van der Waals surface area contributed by atoms with Gasteiger partial charge < -0.3 is 16.0 Å². The van der Waals surface area contributed by atoms with Crippen LogP contribution in [0.5, 0.6) is 0 Å². The summed E-state index contributed by atoms with van der Waals surface area (Å²) >= 11 is 6.43. The summed E-state index contributed by atoms with van der Waals surface area (Å²) in [6.07, 6.45) is 4.89. The van der Waals surface area contributed by atoms with Crippen LogP contribution in [0.15, 0.2) is 96.3 Å². The summed E-state index contributed by atoms with van der Waals surface area (Å²) < 4.78 is 0. The average molecular weight is 445 g/mol.